The second-order valence-electron chi connectivity index (χ2n) is 6.55. The zero-order valence-electron chi connectivity index (χ0n) is 15.4. The van der Waals surface area contributed by atoms with Gasteiger partial charge >= 0.3 is 5.97 Å². The van der Waals surface area contributed by atoms with E-state index in [1.807, 2.05) is 49.4 Å². The van der Waals surface area contributed by atoms with Gasteiger partial charge in [0.2, 0.25) is 6.79 Å². The number of hydrogen-bond donors (Lipinski definition) is 1. The van der Waals surface area contributed by atoms with Crippen molar-refractivity contribution >= 4 is 11.9 Å². The Morgan fingerprint density at radius 3 is 2.59 bits per heavy atom. The molecule has 6 nitrogen and oxygen atoms in total. The molecule has 1 N–H and O–H groups in total. The molecule has 2 aromatic carbocycles. The minimum absolute atomic E-state index is 0.0302. The number of rotatable bonds is 7. The summed E-state index contributed by atoms with van der Waals surface area (Å²) < 4.78 is 15.8. The molecule has 0 unspecified atom stereocenters. The number of hydrogen-bond acceptors (Lipinski definition) is 5. The van der Waals surface area contributed by atoms with Gasteiger partial charge in [-0.05, 0) is 36.1 Å². The van der Waals surface area contributed by atoms with Crippen molar-refractivity contribution in [1.29, 1.82) is 0 Å². The van der Waals surface area contributed by atoms with Crippen LogP contribution in [0.4, 0.5) is 0 Å². The Labute approximate surface area is 158 Å². The minimum Gasteiger partial charge on any atom is -0.454 e. The molecule has 0 spiro atoms. The standard InChI is InChI=1S/C21H23NO5/c1-14(17-6-4-3-5-7-17)10-20(23)27-15(2)21(24)22-12-16-8-9-18-19(11-16)26-13-25-18/h3-9,11,14-15H,10,12-13H2,1-2H3,(H,22,24)/t14-,15-/m1/s1. The third kappa shape index (κ3) is 5.00. The summed E-state index contributed by atoms with van der Waals surface area (Å²) >= 11 is 0. The van der Waals surface area contributed by atoms with Gasteiger partial charge in [0.1, 0.15) is 0 Å². The van der Waals surface area contributed by atoms with Crippen molar-refractivity contribution in [3.05, 3.63) is 59.7 Å². The summed E-state index contributed by atoms with van der Waals surface area (Å²) in [5, 5.41) is 2.77. The Morgan fingerprint density at radius 1 is 1.07 bits per heavy atom. The molecule has 1 heterocycles. The maximum absolute atomic E-state index is 12.2. The molecule has 0 radical (unpaired) electrons. The Kier molecular flexibility index (Phi) is 5.96. The highest BCUT2D eigenvalue weighted by Gasteiger charge is 2.20. The average Bonchev–Trinajstić information content (AvgIpc) is 3.14. The molecule has 0 saturated carbocycles. The van der Waals surface area contributed by atoms with Crippen molar-refractivity contribution in [2.24, 2.45) is 0 Å². The van der Waals surface area contributed by atoms with Gasteiger partial charge in [-0.2, -0.15) is 0 Å². The van der Waals surface area contributed by atoms with E-state index in [0.29, 0.717) is 18.0 Å². The molecule has 0 aliphatic carbocycles. The first-order valence-corrected chi connectivity index (χ1v) is 8.93. The molecule has 6 heteroatoms. The van der Waals surface area contributed by atoms with Crippen molar-refractivity contribution in [2.45, 2.75) is 38.8 Å². The predicted molar refractivity (Wildman–Crippen MR) is 99.4 cm³/mol. The molecular formula is C21H23NO5. The van der Waals surface area contributed by atoms with Crippen LogP contribution in [0, 0.1) is 0 Å². The van der Waals surface area contributed by atoms with E-state index >= 15 is 0 Å². The van der Waals surface area contributed by atoms with Crippen LogP contribution >= 0.6 is 0 Å². The van der Waals surface area contributed by atoms with Gasteiger partial charge in [-0.1, -0.05) is 43.3 Å². The number of nitrogens with one attached hydrogen (secondary N) is 1. The second kappa shape index (κ2) is 8.58. The molecule has 27 heavy (non-hydrogen) atoms. The summed E-state index contributed by atoms with van der Waals surface area (Å²) in [4.78, 5) is 24.3. The highest BCUT2D eigenvalue weighted by Crippen LogP contribution is 2.32. The summed E-state index contributed by atoms with van der Waals surface area (Å²) in [6.07, 6.45) is -0.626. The summed E-state index contributed by atoms with van der Waals surface area (Å²) in [7, 11) is 0. The van der Waals surface area contributed by atoms with E-state index in [1.165, 1.54) is 0 Å². The van der Waals surface area contributed by atoms with E-state index < -0.39 is 12.1 Å². The molecule has 142 valence electrons. The second-order valence-corrected chi connectivity index (χ2v) is 6.55. The van der Waals surface area contributed by atoms with Crippen LogP contribution in [0.1, 0.15) is 37.3 Å². The average molecular weight is 369 g/mol. The number of carbonyl (C=O) groups excluding carboxylic acids is 2. The Morgan fingerprint density at radius 2 is 1.81 bits per heavy atom. The van der Waals surface area contributed by atoms with Crippen molar-refractivity contribution in [2.75, 3.05) is 6.79 Å². The highest BCUT2D eigenvalue weighted by atomic mass is 16.7. The van der Waals surface area contributed by atoms with E-state index in [9.17, 15) is 9.59 Å². The van der Waals surface area contributed by atoms with E-state index in [4.69, 9.17) is 14.2 Å². The lowest BCUT2D eigenvalue weighted by molar-refractivity contribution is -0.155. The largest absolute Gasteiger partial charge is 0.454 e. The van der Waals surface area contributed by atoms with Gasteiger partial charge in [-0.25, -0.2) is 0 Å². The van der Waals surface area contributed by atoms with Gasteiger partial charge in [0.15, 0.2) is 17.6 Å². The van der Waals surface area contributed by atoms with Crippen LogP contribution in [0.15, 0.2) is 48.5 Å². The normalized spacial score (nSPS) is 14.3. The predicted octanol–water partition coefficient (Wildman–Crippen LogP) is 3.16. The SMILES string of the molecule is C[C@H](CC(=O)O[C@H](C)C(=O)NCc1ccc2c(c1)OCO2)c1ccccc1. The maximum atomic E-state index is 12.2. The summed E-state index contributed by atoms with van der Waals surface area (Å²) in [5.74, 6) is 0.657. The molecule has 0 fully saturated rings. The quantitative estimate of drug-likeness (QED) is 0.759. The molecular weight excluding hydrogens is 346 g/mol. The van der Waals surface area contributed by atoms with Gasteiger partial charge < -0.3 is 19.5 Å². The first-order chi connectivity index (χ1) is 13.0. The molecule has 3 rings (SSSR count). The molecule has 2 atom stereocenters. The minimum atomic E-state index is -0.852. The Balaban J connectivity index is 1.45. The van der Waals surface area contributed by atoms with E-state index in [2.05, 4.69) is 5.32 Å². The fourth-order valence-electron chi connectivity index (χ4n) is 2.83. The van der Waals surface area contributed by atoms with Gasteiger partial charge in [-0.3, -0.25) is 9.59 Å². The molecule has 1 aliphatic heterocycles. The van der Waals surface area contributed by atoms with Crippen LogP contribution in [-0.2, 0) is 20.9 Å². The van der Waals surface area contributed by atoms with Crippen molar-refractivity contribution < 1.29 is 23.8 Å². The number of fused-ring (bicyclic) bond motifs is 1. The highest BCUT2D eigenvalue weighted by molar-refractivity contribution is 5.83. The molecule has 0 bridgehead atoms. The van der Waals surface area contributed by atoms with Crippen molar-refractivity contribution in [1.82, 2.24) is 5.32 Å². The summed E-state index contributed by atoms with van der Waals surface area (Å²) in [5.41, 5.74) is 1.94. The van der Waals surface area contributed by atoms with Crippen LogP contribution in [0.25, 0.3) is 0 Å². The number of carbonyl (C=O) groups is 2. The lowest BCUT2D eigenvalue weighted by atomic mass is 9.98. The Bertz CT molecular complexity index is 805. The smallest absolute Gasteiger partial charge is 0.307 e. The van der Waals surface area contributed by atoms with Crippen LogP contribution in [0.3, 0.4) is 0 Å². The fourth-order valence-corrected chi connectivity index (χ4v) is 2.83. The fraction of sp³-hybridized carbons (Fsp3) is 0.333. The molecule has 0 saturated heterocycles. The topological polar surface area (TPSA) is 73.9 Å². The third-order valence-corrected chi connectivity index (χ3v) is 4.42. The van der Waals surface area contributed by atoms with E-state index in [0.717, 1.165) is 11.1 Å². The van der Waals surface area contributed by atoms with E-state index in [-0.39, 0.29) is 25.0 Å². The number of ether oxygens (including phenoxy) is 3. The molecule has 1 amide bonds. The monoisotopic (exact) mass is 369 g/mol. The first-order valence-electron chi connectivity index (χ1n) is 8.93. The van der Waals surface area contributed by atoms with Crippen molar-refractivity contribution in [3.63, 3.8) is 0 Å². The number of esters is 1. The number of amides is 1. The lowest BCUT2D eigenvalue weighted by Gasteiger charge is -2.16. The summed E-state index contributed by atoms with van der Waals surface area (Å²) in [6.45, 7) is 4.05. The third-order valence-electron chi connectivity index (χ3n) is 4.42. The van der Waals surface area contributed by atoms with Gasteiger partial charge in [0.25, 0.3) is 5.91 Å². The number of benzene rings is 2. The molecule has 2 aromatic rings. The van der Waals surface area contributed by atoms with Crippen LogP contribution in [0.5, 0.6) is 11.5 Å². The Hall–Kier alpha value is -3.02. The maximum Gasteiger partial charge on any atom is 0.307 e. The van der Waals surface area contributed by atoms with Crippen molar-refractivity contribution in [3.8, 4) is 11.5 Å². The van der Waals surface area contributed by atoms with Crippen LogP contribution in [-0.4, -0.2) is 24.8 Å². The van der Waals surface area contributed by atoms with Gasteiger partial charge in [-0.15, -0.1) is 0 Å². The van der Waals surface area contributed by atoms with Gasteiger partial charge in [0.05, 0.1) is 6.42 Å². The summed E-state index contributed by atoms with van der Waals surface area (Å²) in [6, 6.07) is 15.2. The molecule has 1 aliphatic rings. The van der Waals surface area contributed by atoms with Crippen LogP contribution in [0.2, 0.25) is 0 Å². The zero-order chi connectivity index (χ0) is 19.2. The lowest BCUT2D eigenvalue weighted by Crippen LogP contribution is -2.35. The zero-order valence-corrected chi connectivity index (χ0v) is 15.4. The first kappa shape index (κ1) is 18.8. The molecule has 0 aromatic heterocycles. The van der Waals surface area contributed by atoms with Crippen LogP contribution < -0.4 is 14.8 Å². The van der Waals surface area contributed by atoms with Gasteiger partial charge in [0, 0.05) is 6.54 Å². The van der Waals surface area contributed by atoms with E-state index in [1.54, 1.807) is 13.0 Å².